The Morgan fingerprint density at radius 1 is 0.432 bits per heavy atom. The van der Waals surface area contributed by atoms with E-state index in [1.165, 1.54) is 51.5 Å². The van der Waals surface area contributed by atoms with Crippen molar-refractivity contribution >= 4 is 34.6 Å². The summed E-state index contributed by atoms with van der Waals surface area (Å²) >= 11 is 0. The largest absolute Gasteiger partial charge is 0.340 e. The van der Waals surface area contributed by atoms with Crippen molar-refractivity contribution in [2.45, 2.75) is 153 Å². The van der Waals surface area contributed by atoms with E-state index in [-0.39, 0.29) is 6.17 Å². The molecule has 0 radical (unpaired) electrons. The van der Waals surface area contributed by atoms with E-state index in [1.54, 1.807) is 0 Å². The number of imidazole rings is 1. The number of aromatic nitrogens is 10. The van der Waals surface area contributed by atoms with Gasteiger partial charge in [-0.1, -0.05) is 41.1 Å². The number of para-hydroxylation sites is 2. The van der Waals surface area contributed by atoms with Crippen LogP contribution in [0.1, 0.15) is 100 Å². The summed E-state index contributed by atoms with van der Waals surface area (Å²) in [6.45, 7) is 33.1. The van der Waals surface area contributed by atoms with Gasteiger partial charge >= 0.3 is 0 Å². The van der Waals surface area contributed by atoms with Gasteiger partial charge in [0.1, 0.15) is 47.7 Å². The Morgan fingerprint density at radius 3 is 1.34 bits per heavy atom. The van der Waals surface area contributed by atoms with Crippen LogP contribution in [0.3, 0.4) is 0 Å². The van der Waals surface area contributed by atoms with Gasteiger partial charge in [0.05, 0.1) is 52.0 Å². The van der Waals surface area contributed by atoms with Crippen LogP contribution in [0.15, 0.2) is 189 Å². The van der Waals surface area contributed by atoms with Gasteiger partial charge in [-0.05, 0) is 175 Å². The highest BCUT2D eigenvalue weighted by atomic mass is 15.5. The second kappa shape index (κ2) is 28.5. The number of pyridine rings is 4. The average Bonchev–Trinajstić information content (AvgIpc) is 1.60. The van der Waals surface area contributed by atoms with Crippen LogP contribution in [0.5, 0.6) is 0 Å². The summed E-state index contributed by atoms with van der Waals surface area (Å²) < 4.78 is 17.3. The van der Waals surface area contributed by atoms with E-state index in [9.17, 15) is 0 Å². The molecule has 7 aromatic heterocycles. The van der Waals surface area contributed by atoms with Gasteiger partial charge in [-0.2, -0.15) is 5.10 Å². The monoisotopic (exact) mass is 1280 g/mol. The van der Waals surface area contributed by atoms with Crippen molar-refractivity contribution in [2.24, 2.45) is 49.3 Å². The number of nitrogens with zero attached hydrogens (tertiary/aromatic N) is 18. The van der Waals surface area contributed by atoms with Crippen LogP contribution in [0.4, 0.5) is 34.6 Å². The van der Waals surface area contributed by atoms with Crippen LogP contribution >= 0.6 is 0 Å². The highest BCUT2D eigenvalue weighted by Gasteiger charge is 2.43. The lowest BCUT2D eigenvalue weighted by Gasteiger charge is -2.29. The maximum atomic E-state index is 4.47. The summed E-state index contributed by atoms with van der Waals surface area (Å²) in [5, 5.41) is 4.47. The van der Waals surface area contributed by atoms with Gasteiger partial charge in [-0.15, -0.1) is 0 Å². The molecule has 95 heavy (non-hydrogen) atoms. The fourth-order valence-corrected chi connectivity index (χ4v) is 14.1. The predicted octanol–water partition coefficient (Wildman–Crippen LogP) is 11.8. The first-order valence-corrected chi connectivity index (χ1v) is 33.8. The van der Waals surface area contributed by atoms with Crippen molar-refractivity contribution in [1.29, 1.82) is 0 Å². The highest BCUT2D eigenvalue weighted by Crippen LogP contribution is 2.44. The van der Waals surface area contributed by atoms with Crippen molar-refractivity contribution in [1.82, 2.24) is 38.7 Å². The molecule has 9 aromatic rings. The van der Waals surface area contributed by atoms with E-state index in [4.69, 9.17) is 0 Å². The number of hydrogen-bond donors (Lipinski definition) is 0. The lowest BCUT2D eigenvalue weighted by atomic mass is 10.0. The SMILES string of the molecule is CC(C)N1C=CN(c2cccc(-n3ccc[n+]3C)[n+]2C)[C@@H]1C.Cc1cc(-c2cccc(N3C=CN(C(C)C)[C@H]3C)[n+]2C)n(C)n1.Cc1ccccc1-c1cccc(N2c3ccccc3N(C(C)C)[C@H]2C)[n+]1C.Cc1ncc(-c2cccc(N3C=CN(C(C)C)[C@H]3C)[n+]2C)n1C. The molecule has 2 aromatic carbocycles. The Kier molecular flexibility index (Phi) is 20.4. The Morgan fingerprint density at radius 2 is 0.884 bits per heavy atom. The molecule has 0 saturated heterocycles. The van der Waals surface area contributed by atoms with Crippen LogP contribution in [-0.4, -0.2) is 87.5 Å². The van der Waals surface area contributed by atoms with E-state index in [1.807, 2.05) is 51.1 Å². The minimum Gasteiger partial charge on any atom is -0.340 e. The molecule has 18 heteroatoms. The third-order valence-corrected chi connectivity index (χ3v) is 19.3. The van der Waals surface area contributed by atoms with Crippen LogP contribution in [0.25, 0.3) is 39.9 Å². The van der Waals surface area contributed by atoms with Gasteiger partial charge in [-0.25, -0.2) is 42.9 Å². The lowest BCUT2D eigenvalue weighted by Crippen LogP contribution is -2.49. The fourth-order valence-electron chi connectivity index (χ4n) is 14.1. The molecule has 18 nitrogen and oxygen atoms in total. The molecule has 0 N–H and O–H groups in total. The molecule has 13 rings (SSSR count). The molecule has 0 amide bonds. The minimum atomic E-state index is 0.265. The number of anilines is 6. The number of fused-ring (bicyclic) bond motifs is 1. The first kappa shape index (κ1) is 68.2. The topological polar surface area (TPSA) is 85.9 Å². The second-order valence-corrected chi connectivity index (χ2v) is 26.7. The third-order valence-electron chi connectivity index (χ3n) is 19.3. The number of hydrogen-bond acceptors (Lipinski definition) is 10. The maximum Gasteiger partial charge on any atom is 0.289 e. The van der Waals surface area contributed by atoms with Gasteiger partial charge in [0.25, 0.3) is 23.3 Å². The van der Waals surface area contributed by atoms with Crippen molar-refractivity contribution in [2.75, 3.05) is 24.5 Å². The van der Waals surface area contributed by atoms with Gasteiger partial charge in [0.15, 0.2) is 42.6 Å². The molecular formula is C77H105N18+5. The summed E-state index contributed by atoms with van der Waals surface area (Å²) in [6.07, 6.45) is 20.3. The minimum absolute atomic E-state index is 0.265. The molecule has 0 fully saturated rings. The molecule has 0 aliphatic carbocycles. The Labute approximate surface area is 566 Å². The number of rotatable bonds is 12. The van der Waals surface area contributed by atoms with Gasteiger partial charge in [0, 0.05) is 98.8 Å². The molecular weight excluding hydrogens is 1180 g/mol. The second-order valence-electron chi connectivity index (χ2n) is 26.7. The standard InChI is InChI=1S/C24H28N3.2C18H26N5.C17H25N5/c1-17(2)26-19(4)27(23-14-9-8-13-22(23)26)24-16-10-15-21(25(24)5)20-12-7-6-11-18(20)3;1-13(2)22-10-11-23(15(22)4)18-9-7-8-16(21(18)6)17-12-19-14(3)20(17)5;1-13(2)22-10-11-23(15(22)4)18-9-7-8-16(20(18)5)17-12-14(3)19-21(17)6;1-14(2)20-12-13-21(15(20)3)16-8-6-9-17(19(16)5)22-11-7-10-18(22)4/h6-17,19H,1-5H3;2*7-13,15H,1-6H3;6-15H,1-5H3/q3*+1;+2/t19-;3*15-/m1111/s1. The summed E-state index contributed by atoms with van der Waals surface area (Å²) in [5.74, 6) is 6.89. The summed E-state index contributed by atoms with van der Waals surface area (Å²) in [5.41, 5.74) is 12.0. The van der Waals surface area contributed by atoms with E-state index >= 15 is 0 Å². The summed E-state index contributed by atoms with van der Waals surface area (Å²) in [4.78, 5) is 23.4. The Balaban J connectivity index is 0.000000138. The third kappa shape index (κ3) is 13.4. The Bertz CT molecular complexity index is 4150. The molecule has 498 valence electrons. The molecule has 0 unspecified atom stereocenters. The first-order valence-electron chi connectivity index (χ1n) is 33.8. The molecule has 4 aliphatic rings. The molecule has 11 heterocycles. The molecule has 0 bridgehead atoms. The quantitative estimate of drug-likeness (QED) is 0.110. The van der Waals surface area contributed by atoms with E-state index in [0.29, 0.717) is 42.7 Å². The summed E-state index contributed by atoms with van der Waals surface area (Å²) in [6, 6.07) is 49.3. The predicted molar refractivity (Wildman–Crippen MR) is 385 cm³/mol. The van der Waals surface area contributed by atoms with Crippen LogP contribution < -0.4 is 47.4 Å². The first-order chi connectivity index (χ1) is 45.3. The van der Waals surface area contributed by atoms with Crippen LogP contribution in [-0.2, 0) is 49.3 Å². The van der Waals surface area contributed by atoms with Crippen LogP contribution in [0, 0.1) is 20.8 Å². The van der Waals surface area contributed by atoms with E-state index < -0.39 is 0 Å². The smallest absolute Gasteiger partial charge is 0.289 e. The van der Waals surface area contributed by atoms with Crippen molar-refractivity contribution < 1.29 is 23.0 Å². The normalized spacial score (nSPS) is 17.2. The summed E-state index contributed by atoms with van der Waals surface area (Å²) in [7, 11) is 14.6. The molecule has 4 aliphatic heterocycles. The zero-order valence-corrected chi connectivity index (χ0v) is 60.6. The molecule has 0 spiro atoms. The van der Waals surface area contributed by atoms with Crippen molar-refractivity contribution in [3.8, 4) is 39.9 Å². The van der Waals surface area contributed by atoms with Gasteiger partial charge in [0.2, 0.25) is 12.0 Å². The van der Waals surface area contributed by atoms with Crippen molar-refractivity contribution in [3.63, 3.8) is 0 Å². The zero-order valence-electron chi connectivity index (χ0n) is 60.6. The fraction of sp³-hybridized carbons (Fsp3) is 0.390. The highest BCUT2D eigenvalue weighted by molar-refractivity contribution is 5.82. The average molecular weight is 1280 g/mol. The van der Waals surface area contributed by atoms with Gasteiger partial charge < -0.3 is 24.2 Å². The maximum absolute atomic E-state index is 4.47. The van der Waals surface area contributed by atoms with Crippen molar-refractivity contribution in [3.05, 3.63) is 206 Å². The van der Waals surface area contributed by atoms with E-state index in [2.05, 4.69) is 378 Å². The van der Waals surface area contributed by atoms with Crippen LogP contribution in [0.2, 0.25) is 0 Å². The molecule has 0 saturated carbocycles. The van der Waals surface area contributed by atoms with Gasteiger partial charge in [-0.3, -0.25) is 4.68 Å². The Hall–Kier alpha value is -9.71. The number of aryl methyl sites for hydroxylation is 5. The lowest BCUT2D eigenvalue weighted by molar-refractivity contribution is -0.763. The zero-order chi connectivity index (χ0) is 68.4. The molecule has 4 atom stereocenters. The van der Waals surface area contributed by atoms with E-state index in [0.717, 1.165) is 40.1 Å². The number of benzene rings is 2.